The number of methoxy groups -OCH3 is 1. The van der Waals surface area contributed by atoms with E-state index in [-0.39, 0.29) is 12.1 Å². The molecule has 7 nitrogen and oxygen atoms in total. The maximum Gasteiger partial charge on any atom is 0.409 e. The average Bonchev–Trinajstić information content (AvgIpc) is 2.74. The Bertz CT molecular complexity index is 852. The maximum atomic E-state index is 12.3. The van der Waals surface area contributed by atoms with Crippen LogP contribution >= 0.6 is 0 Å². The van der Waals surface area contributed by atoms with Crippen LogP contribution in [0.1, 0.15) is 30.9 Å². The Kier molecular flexibility index (Phi) is 6.94. The van der Waals surface area contributed by atoms with E-state index in [2.05, 4.69) is 17.6 Å². The molecule has 0 aromatic heterocycles. The van der Waals surface area contributed by atoms with Crippen LogP contribution < -0.4 is 15.4 Å². The van der Waals surface area contributed by atoms with E-state index in [1.54, 1.807) is 4.90 Å². The van der Waals surface area contributed by atoms with E-state index in [9.17, 15) is 9.59 Å². The third-order valence-corrected chi connectivity index (χ3v) is 4.79. The van der Waals surface area contributed by atoms with E-state index in [1.807, 2.05) is 42.5 Å². The molecule has 3 rings (SSSR count). The Labute approximate surface area is 171 Å². The van der Waals surface area contributed by atoms with E-state index in [0.717, 1.165) is 30.6 Å². The molecule has 0 spiro atoms. The van der Waals surface area contributed by atoms with Crippen molar-refractivity contribution in [3.63, 3.8) is 0 Å². The molecule has 0 bridgehead atoms. The topological polar surface area (TPSA) is 79.9 Å². The van der Waals surface area contributed by atoms with Crippen LogP contribution in [0, 0.1) is 0 Å². The lowest BCUT2D eigenvalue weighted by Crippen LogP contribution is -2.35. The number of unbranched alkanes of at least 4 members (excludes halogenated alkanes) is 1. The predicted molar refractivity (Wildman–Crippen MR) is 112 cm³/mol. The van der Waals surface area contributed by atoms with Gasteiger partial charge in [-0.15, -0.1) is 0 Å². The van der Waals surface area contributed by atoms with Crippen molar-refractivity contribution >= 4 is 23.5 Å². The fourth-order valence-corrected chi connectivity index (χ4v) is 3.18. The molecule has 0 fully saturated rings. The SMILES string of the molecule is CCCCOc1ccc(NC(=O)Nc2ccc3c(c2)CN(C(=O)OC)CC3)cc1. The van der Waals surface area contributed by atoms with Crippen molar-refractivity contribution in [1.29, 1.82) is 0 Å². The van der Waals surface area contributed by atoms with Gasteiger partial charge in [0.2, 0.25) is 0 Å². The number of hydrogen-bond donors (Lipinski definition) is 2. The van der Waals surface area contributed by atoms with Gasteiger partial charge in [-0.3, -0.25) is 0 Å². The first-order chi connectivity index (χ1) is 14.1. The smallest absolute Gasteiger partial charge is 0.409 e. The molecule has 29 heavy (non-hydrogen) atoms. The summed E-state index contributed by atoms with van der Waals surface area (Å²) in [5.74, 6) is 0.786. The molecule has 1 aliphatic heterocycles. The maximum absolute atomic E-state index is 12.3. The number of nitrogens with zero attached hydrogens (tertiary/aromatic N) is 1. The summed E-state index contributed by atoms with van der Waals surface area (Å²) in [5.41, 5.74) is 3.54. The van der Waals surface area contributed by atoms with Crippen LogP contribution in [0.5, 0.6) is 5.75 Å². The van der Waals surface area contributed by atoms with Crippen LogP contribution in [0.3, 0.4) is 0 Å². The number of hydrogen-bond acceptors (Lipinski definition) is 4. The number of nitrogens with one attached hydrogen (secondary N) is 2. The first-order valence-electron chi connectivity index (χ1n) is 9.84. The Morgan fingerprint density at radius 1 is 1.03 bits per heavy atom. The molecule has 2 N–H and O–H groups in total. The van der Waals surface area contributed by atoms with Crippen LogP contribution in [0.25, 0.3) is 0 Å². The van der Waals surface area contributed by atoms with Gasteiger partial charge in [-0.2, -0.15) is 0 Å². The molecule has 1 aliphatic rings. The zero-order valence-corrected chi connectivity index (χ0v) is 16.9. The highest BCUT2D eigenvalue weighted by molar-refractivity contribution is 5.99. The lowest BCUT2D eigenvalue weighted by molar-refractivity contribution is 0.118. The van der Waals surface area contributed by atoms with Crippen molar-refractivity contribution in [3.05, 3.63) is 53.6 Å². The van der Waals surface area contributed by atoms with Crippen molar-refractivity contribution in [2.75, 3.05) is 30.9 Å². The molecular formula is C22H27N3O4. The van der Waals surface area contributed by atoms with Gasteiger partial charge >= 0.3 is 12.1 Å². The predicted octanol–water partition coefficient (Wildman–Crippen LogP) is 4.63. The molecule has 0 saturated heterocycles. The highest BCUT2D eigenvalue weighted by Gasteiger charge is 2.21. The van der Waals surface area contributed by atoms with Gasteiger partial charge in [0.1, 0.15) is 5.75 Å². The standard InChI is InChI=1S/C22H27N3O4/c1-3-4-13-29-20-9-7-18(8-10-20)23-21(26)24-19-6-5-16-11-12-25(22(27)28-2)15-17(16)14-19/h5-10,14H,3-4,11-13,15H2,1-2H3,(H2,23,24,26). The molecule has 0 atom stereocenters. The monoisotopic (exact) mass is 397 g/mol. The van der Waals surface area contributed by atoms with Crippen LogP contribution in [-0.2, 0) is 17.7 Å². The number of carbonyl (C=O) groups is 2. The van der Waals surface area contributed by atoms with Gasteiger partial charge in [0.15, 0.2) is 0 Å². The number of benzene rings is 2. The molecule has 2 aromatic rings. The molecule has 0 saturated carbocycles. The highest BCUT2D eigenvalue weighted by atomic mass is 16.5. The zero-order chi connectivity index (χ0) is 20.6. The quantitative estimate of drug-likeness (QED) is 0.696. The molecule has 0 radical (unpaired) electrons. The third-order valence-electron chi connectivity index (χ3n) is 4.79. The van der Waals surface area contributed by atoms with Crippen LogP contribution in [0.4, 0.5) is 21.0 Å². The molecule has 3 amide bonds. The highest BCUT2D eigenvalue weighted by Crippen LogP contribution is 2.23. The summed E-state index contributed by atoms with van der Waals surface area (Å²) in [6.07, 6.45) is 2.53. The summed E-state index contributed by atoms with van der Waals surface area (Å²) in [7, 11) is 1.38. The Hall–Kier alpha value is -3.22. The summed E-state index contributed by atoms with van der Waals surface area (Å²) >= 11 is 0. The van der Waals surface area contributed by atoms with Gasteiger partial charge in [0.25, 0.3) is 0 Å². The summed E-state index contributed by atoms with van der Waals surface area (Å²) < 4.78 is 10.4. The first-order valence-corrected chi connectivity index (χ1v) is 9.84. The van der Waals surface area contributed by atoms with Crippen LogP contribution in [-0.4, -0.2) is 37.3 Å². The lowest BCUT2D eigenvalue weighted by atomic mass is 9.99. The van der Waals surface area contributed by atoms with Gasteiger partial charge in [0.05, 0.1) is 13.7 Å². The normalized spacial score (nSPS) is 12.7. The summed E-state index contributed by atoms with van der Waals surface area (Å²) in [4.78, 5) is 25.7. The summed E-state index contributed by atoms with van der Waals surface area (Å²) in [5, 5.41) is 5.65. The second-order valence-corrected chi connectivity index (χ2v) is 6.93. The Morgan fingerprint density at radius 2 is 1.76 bits per heavy atom. The number of fused-ring (bicyclic) bond motifs is 1. The van der Waals surface area contributed by atoms with Gasteiger partial charge < -0.3 is 25.0 Å². The number of urea groups is 1. The average molecular weight is 397 g/mol. The molecule has 1 heterocycles. The van der Waals surface area contributed by atoms with Crippen LogP contribution in [0.2, 0.25) is 0 Å². The summed E-state index contributed by atoms with van der Waals surface area (Å²) in [6.45, 7) is 3.91. The van der Waals surface area contributed by atoms with Crippen molar-refractivity contribution in [2.45, 2.75) is 32.7 Å². The number of amides is 3. The fraction of sp³-hybridized carbons (Fsp3) is 0.364. The number of carbonyl (C=O) groups excluding carboxylic acids is 2. The Balaban J connectivity index is 1.56. The van der Waals surface area contributed by atoms with Crippen molar-refractivity contribution in [2.24, 2.45) is 0 Å². The minimum Gasteiger partial charge on any atom is -0.494 e. The fourth-order valence-electron chi connectivity index (χ4n) is 3.18. The minimum atomic E-state index is -0.339. The number of rotatable bonds is 6. The zero-order valence-electron chi connectivity index (χ0n) is 16.9. The van der Waals surface area contributed by atoms with Gasteiger partial charge in [0, 0.05) is 24.5 Å². The van der Waals surface area contributed by atoms with Gasteiger partial charge in [-0.25, -0.2) is 9.59 Å². The first kappa shape index (κ1) is 20.5. The van der Waals surface area contributed by atoms with Crippen molar-refractivity contribution < 1.29 is 19.1 Å². The van der Waals surface area contributed by atoms with E-state index >= 15 is 0 Å². The second kappa shape index (κ2) is 9.82. The van der Waals surface area contributed by atoms with E-state index < -0.39 is 0 Å². The third kappa shape index (κ3) is 5.63. The molecule has 0 unspecified atom stereocenters. The minimum absolute atomic E-state index is 0.328. The molecule has 7 heteroatoms. The molecule has 0 aliphatic carbocycles. The van der Waals surface area contributed by atoms with Gasteiger partial charge in [-0.1, -0.05) is 19.4 Å². The van der Waals surface area contributed by atoms with E-state index in [4.69, 9.17) is 9.47 Å². The second-order valence-electron chi connectivity index (χ2n) is 6.93. The van der Waals surface area contributed by atoms with Crippen molar-refractivity contribution in [1.82, 2.24) is 4.90 Å². The number of anilines is 2. The van der Waals surface area contributed by atoms with Crippen molar-refractivity contribution in [3.8, 4) is 5.75 Å². The van der Waals surface area contributed by atoms with Gasteiger partial charge in [-0.05, 0) is 60.4 Å². The number of ether oxygens (including phenoxy) is 2. The van der Waals surface area contributed by atoms with E-state index in [0.29, 0.717) is 31.1 Å². The van der Waals surface area contributed by atoms with Crippen LogP contribution in [0.15, 0.2) is 42.5 Å². The molecular weight excluding hydrogens is 370 g/mol. The Morgan fingerprint density at radius 3 is 2.48 bits per heavy atom. The largest absolute Gasteiger partial charge is 0.494 e. The molecule has 2 aromatic carbocycles. The lowest BCUT2D eigenvalue weighted by Gasteiger charge is -2.28. The summed E-state index contributed by atoms with van der Waals surface area (Å²) in [6, 6.07) is 12.7. The molecule has 154 valence electrons. The van der Waals surface area contributed by atoms with E-state index in [1.165, 1.54) is 12.7 Å².